The molecule has 2 fully saturated rings. The fraction of sp³-hybridized carbons (Fsp3) is 0.500. The Kier molecular flexibility index (Phi) is 6.77. The highest BCUT2D eigenvalue weighted by molar-refractivity contribution is 5.99. The highest BCUT2D eigenvalue weighted by Gasteiger charge is 2.40. The maximum Gasteiger partial charge on any atom is 0.230 e. The zero-order chi connectivity index (χ0) is 22.6. The van der Waals surface area contributed by atoms with Gasteiger partial charge in [0.2, 0.25) is 11.8 Å². The molecule has 0 aromatic heterocycles. The van der Waals surface area contributed by atoms with Crippen LogP contribution in [0.2, 0.25) is 0 Å². The Hall–Kier alpha value is -2.66. The van der Waals surface area contributed by atoms with Crippen LogP contribution in [-0.2, 0) is 22.6 Å². The Bertz CT molecular complexity index is 968. The fourth-order valence-corrected chi connectivity index (χ4v) is 5.89. The summed E-state index contributed by atoms with van der Waals surface area (Å²) < 4.78 is 0. The van der Waals surface area contributed by atoms with Crippen LogP contribution in [0.15, 0.2) is 54.6 Å². The highest BCUT2D eigenvalue weighted by Crippen LogP contribution is 2.36. The predicted molar refractivity (Wildman–Crippen MR) is 131 cm³/mol. The molecule has 0 radical (unpaired) electrons. The van der Waals surface area contributed by atoms with Gasteiger partial charge in [-0.1, -0.05) is 61.4 Å². The molecular weight excluding hydrogens is 410 g/mol. The first-order valence-corrected chi connectivity index (χ1v) is 12.6. The topological polar surface area (TPSA) is 52.7 Å². The molecule has 2 aliphatic heterocycles. The molecule has 1 N–H and O–H groups in total. The smallest absolute Gasteiger partial charge is 0.230 e. The lowest BCUT2D eigenvalue weighted by Crippen LogP contribution is -2.50. The third-order valence-corrected chi connectivity index (χ3v) is 7.76. The van der Waals surface area contributed by atoms with E-state index in [1.807, 2.05) is 23.1 Å². The van der Waals surface area contributed by atoms with Crippen molar-refractivity contribution < 1.29 is 9.59 Å². The molecule has 2 amide bonds. The summed E-state index contributed by atoms with van der Waals surface area (Å²) in [7, 11) is 0. The number of likely N-dealkylation sites (tertiary alicyclic amines) is 1. The Morgan fingerprint density at radius 1 is 0.818 bits per heavy atom. The van der Waals surface area contributed by atoms with E-state index in [0.29, 0.717) is 0 Å². The second-order valence-electron chi connectivity index (χ2n) is 9.91. The van der Waals surface area contributed by atoms with Crippen molar-refractivity contribution in [3.05, 3.63) is 65.7 Å². The van der Waals surface area contributed by atoms with Gasteiger partial charge < -0.3 is 10.2 Å². The minimum atomic E-state index is -0.193. The molecule has 0 spiro atoms. The molecule has 1 saturated heterocycles. The van der Waals surface area contributed by atoms with Crippen LogP contribution in [0.5, 0.6) is 0 Å². The van der Waals surface area contributed by atoms with Crippen molar-refractivity contribution in [3.63, 3.8) is 0 Å². The first-order chi connectivity index (χ1) is 16.2. The lowest BCUT2D eigenvalue weighted by atomic mass is 9.77. The van der Waals surface area contributed by atoms with E-state index < -0.39 is 0 Å². The maximum absolute atomic E-state index is 13.5. The number of nitrogens with one attached hydrogen (secondary N) is 1. The van der Waals surface area contributed by atoms with Gasteiger partial charge in [-0.15, -0.1) is 0 Å². The molecule has 5 heteroatoms. The Morgan fingerprint density at radius 2 is 1.52 bits per heavy atom. The standard InChI is InChI=1S/C28H35N3O2/c32-27(29-23-15-17-30(18-16-23)20-21-8-2-1-3-9-21)24-11-5-6-12-25(24)28(33)31-19-14-22-10-4-7-13-26(22)31/h1-4,7-10,13,23-25H,5-6,11-12,14-20H2,(H,29,32)/t24-,25+/m1/s1. The zero-order valence-electron chi connectivity index (χ0n) is 19.4. The zero-order valence-corrected chi connectivity index (χ0v) is 19.4. The summed E-state index contributed by atoms with van der Waals surface area (Å²) in [4.78, 5) is 31.3. The normalized spacial score (nSPS) is 23.8. The van der Waals surface area contributed by atoms with Crippen molar-refractivity contribution in [2.75, 3.05) is 24.5 Å². The summed E-state index contributed by atoms with van der Waals surface area (Å²) in [5, 5.41) is 3.33. The number of fused-ring (bicyclic) bond motifs is 1. The second kappa shape index (κ2) is 10.1. The van der Waals surface area contributed by atoms with Gasteiger partial charge in [0.05, 0.1) is 5.92 Å². The Morgan fingerprint density at radius 3 is 2.30 bits per heavy atom. The van der Waals surface area contributed by atoms with Gasteiger partial charge in [0.15, 0.2) is 0 Å². The minimum Gasteiger partial charge on any atom is -0.353 e. The number of hydrogen-bond donors (Lipinski definition) is 1. The van der Waals surface area contributed by atoms with E-state index in [1.165, 1.54) is 11.1 Å². The molecule has 0 bridgehead atoms. The number of para-hydroxylation sites is 1. The van der Waals surface area contributed by atoms with Crippen LogP contribution in [0.4, 0.5) is 5.69 Å². The number of nitrogens with zero attached hydrogens (tertiary/aromatic N) is 2. The number of anilines is 1. The third kappa shape index (κ3) is 4.98. The first kappa shape index (κ1) is 22.1. The van der Waals surface area contributed by atoms with Crippen molar-refractivity contribution in [2.24, 2.45) is 11.8 Å². The highest BCUT2D eigenvalue weighted by atomic mass is 16.2. The van der Waals surface area contributed by atoms with Gasteiger partial charge in [0, 0.05) is 43.8 Å². The molecule has 174 valence electrons. The lowest BCUT2D eigenvalue weighted by Gasteiger charge is -2.36. The van der Waals surface area contributed by atoms with Gasteiger partial charge in [-0.25, -0.2) is 0 Å². The van der Waals surface area contributed by atoms with E-state index in [0.717, 1.165) is 76.8 Å². The summed E-state index contributed by atoms with van der Waals surface area (Å²) in [6, 6.07) is 19.0. The van der Waals surface area contributed by atoms with Crippen LogP contribution in [0, 0.1) is 11.8 Å². The largest absolute Gasteiger partial charge is 0.353 e. The minimum absolute atomic E-state index is 0.0991. The lowest BCUT2D eigenvalue weighted by molar-refractivity contribution is -0.135. The SMILES string of the molecule is O=C(NC1CCN(Cc2ccccc2)CC1)[C@@H]1CCCC[C@@H]1C(=O)N1CCc2ccccc21. The van der Waals surface area contributed by atoms with Crippen molar-refractivity contribution >= 4 is 17.5 Å². The van der Waals surface area contributed by atoms with Crippen molar-refractivity contribution in [3.8, 4) is 0 Å². The van der Waals surface area contributed by atoms with Crippen molar-refractivity contribution in [1.29, 1.82) is 0 Å². The van der Waals surface area contributed by atoms with Gasteiger partial charge in [-0.05, 0) is 49.3 Å². The van der Waals surface area contributed by atoms with E-state index in [-0.39, 0.29) is 29.7 Å². The summed E-state index contributed by atoms with van der Waals surface area (Å²) in [5.41, 5.74) is 3.62. The van der Waals surface area contributed by atoms with Gasteiger partial charge in [-0.3, -0.25) is 14.5 Å². The quantitative estimate of drug-likeness (QED) is 0.752. The average Bonchev–Trinajstić information content (AvgIpc) is 3.30. The van der Waals surface area contributed by atoms with Crippen LogP contribution in [0.1, 0.15) is 49.7 Å². The Labute approximate surface area is 197 Å². The summed E-state index contributed by atoms with van der Waals surface area (Å²) in [5.74, 6) is -0.135. The molecule has 3 aliphatic rings. The molecule has 5 rings (SSSR count). The van der Waals surface area contributed by atoms with Gasteiger partial charge in [0.1, 0.15) is 0 Å². The summed E-state index contributed by atoms with van der Waals surface area (Å²) in [6.45, 7) is 3.70. The van der Waals surface area contributed by atoms with Crippen LogP contribution in [-0.4, -0.2) is 42.4 Å². The summed E-state index contributed by atoms with van der Waals surface area (Å²) >= 11 is 0. The molecule has 0 unspecified atom stereocenters. The number of benzene rings is 2. The monoisotopic (exact) mass is 445 g/mol. The number of rotatable bonds is 5. The third-order valence-electron chi connectivity index (χ3n) is 7.76. The predicted octanol–water partition coefficient (Wildman–Crippen LogP) is 4.16. The fourth-order valence-electron chi connectivity index (χ4n) is 5.89. The molecule has 2 heterocycles. The van der Waals surface area contributed by atoms with Gasteiger partial charge in [-0.2, -0.15) is 0 Å². The average molecular weight is 446 g/mol. The number of carbonyl (C=O) groups excluding carboxylic acids is 2. The summed E-state index contributed by atoms with van der Waals surface area (Å²) in [6.07, 6.45) is 6.58. The number of piperidine rings is 1. The van der Waals surface area contributed by atoms with Crippen molar-refractivity contribution in [2.45, 2.75) is 57.5 Å². The van der Waals surface area contributed by atoms with E-state index in [9.17, 15) is 9.59 Å². The van der Waals surface area contributed by atoms with Crippen molar-refractivity contribution in [1.82, 2.24) is 10.2 Å². The molecule has 2 aromatic rings. The first-order valence-electron chi connectivity index (χ1n) is 12.6. The van der Waals surface area contributed by atoms with E-state index >= 15 is 0 Å². The van der Waals surface area contributed by atoms with Crippen LogP contribution in [0.25, 0.3) is 0 Å². The van der Waals surface area contributed by atoms with Crippen LogP contribution in [0.3, 0.4) is 0 Å². The molecule has 1 saturated carbocycles. The molecular formula is C28H35N3O2. The Balaban J connectivity index is 1.17. The van der Waals surface area contributed by atoms with E-state index in [4.69, 9.17) is 0 Å². The van der Waals surface area contributed by atoms with Crippen LogP contribution < -0.4 is 10.2 Å². The van der Waals surface area contributed by atoms with E-state index in [1.54, 1.807) is 0 Å². The molecule has 1 aliphatic carbocycles. The van der Waals surface area contributed by atoms with E-state index in [2.05, 4.69) is 46.6 Å². The maximum atomic E-state index is 13.5. The van der Waals surface area contributed by atoms with Gasteiger partial charge >= 0.3 is 0 Å². The molecule has 2 aromatic carbocycles. The molecule has 2 atom stereocenters. The van der Waals surface area contributed by atoms with Crippen LogP contribution >= 0.6 is 0 Å². The van der Waals surface area contributed by atoms with Gasteiger partial charge in [0.25, 0.3) is 0 Å². The molecule has 33 heavy (non-hydrogen) atoms. The second-order valence-corrected chi connectivity index (χ2v) is 9.91. The number of hydrogen-bond acceptors (Lipinski definition) is 3. The number of amides is 2. The molecule has 5 nitrogen and oxygen atoms in total. The number of carbonyl (C=O) groups is 2.